The summed E-state index contributed by atoms with van der Waals surface area (Å²) in [5.41, 5.74) is 12.1. The Bertz CT molecular complexity index is 3140. The fourth-order valence-electron chi connectivity index (χ4n) is 7.65. The fraction of sp³-hybridized carbons (Fsp3) is 0. The summed E-state index contributed by atoms with van der Waals surface area (Å²) in [6, 6.07) is 64.1. The molecule has 0 atom stereocenters. The van der Waals surface area contributed by atoms with Gasteiger partial charge in [-0.1, -0.05) is 109 Å². The van der Waals surface area contributed by atoms with Gasteiger partial charge in [-0.15, -0.1) is 11.3 Å². The molecule has 0 amide bonds. The summed E-state index contributed by atoms with van der Waals surface area (Å²) in [6.07, 6.45) is 0. The second-order valence-electron chi connectivity index (χ2n) is 13.6. The van der Waals surface area contributed by atoms with Crippen LogP contribution in [0.1, 0.15) is 0 Å². The van der Waals surface area contributed by atoms with Gasteiger partial charge in [-0.25, -0.2) is 4.98 Å². The molecule has 0 fully saturated rings. The van der Waals surface area contributed by atoms with E-state index in [4.69, 9.17) is 13.8 Å². The summed E-state index contributed by atoms with van der Waals surface area (Å²) in [5, 5.41) is 4.63. The van der Waals surface area contributed by atoms with Gasteiger partial charge in [-0.05, 0) is 89.0 Å². The highest BCUT2D eigenvalue weighted by Crippen LogP contribution is 2.45. The average molecular weight is 711 g/mol. The van der Waals surface area contributed by atoms with E-state index in [0.29, 0.717) is 11.5 Å². The van der Waals surface area contributed by atoms with Crippen molar-refractivity contribution in [2.45, 2.75) is 0 Å². The van der Waals surface area contributed by atoms with Crippen LogP contribution in [0.25, 0.3) is 86.9 Å². The number of anilines is 3. The zero-order valence-electron chi connectivity index (χ0n) is 28.9. The van der Waals surface area contributed by atoms with Crippen molar-refractivity contribution in [3.05, 3.63) is 182 Å². The van der Waals surface area contributed by atoms with E-state index >= 15 is 0 Å². The maximum Gasteiger partial charge on any atom is 0.227 e. The molecule has 3 aromatic heterocycles. The van der Waals surface area contributed by atoms with Crippen molar-refractivity contribution in [1.29, 1.82) is 0 Å². The predicted molar refractivity (Wildman–Crippen MR) is 225 cm³/mol. The van der Waals surface area contributed by atoms with Gasteiger partial charge in [0.05, 0.1) is 10.4 Å². The van der Waals surface area contributed by atoms with E-state index in [-0.39, 0.29) is 0 Å². The number of thiophene rings is 1. The van der Waals surface area contributed by atoms with E-state index in [1.54, 1.807) is 0 Å². The molecule has 3 heterocycles. The third kappa shape index (κ3) is 5.09. The Morgan fingerprint density at radius 2 is 1.02 bits per heavy atom. The van der Waals surface area contributed by atoms with E-state index < -0.39 is 0 Å². The second-order valence-corrected chi connectivity index (χ2v) is 14.6. The second kappa shape index (κ2) is 12.3. The molecule has 254 valence electrons. The summed E-state index contributed by atoms with van der Waals surface area (Å²) in [4.78, 5) is 7.20. The third-order valence-electron chi connectivity index (χ3n) is 10.3. The molecule has 0 bridgehead atoms. The van der Waals surface area contributed by atoms with Gasteiger partial charge >= 0.3 is 0 Å². The molecule has 0 saturated carbocycles. The van der Waals surface area contributed by atoms with E-state index in [9.17, 15) is 0 Å². The van der Waals surface area contributed by atoms with Crippen LogP contribution >= 0.6 is 11.3 Å². The lowest BCUT2D eigenvalue weighted by Crippen LogP contribution is -2.10. The molecule has 0 aliphatic heterocycles. The Balaban J connectivity index is 0.999. The normalized spacial score (nSPS) is 11.7. The van der Waals surface area contributed by atoms with Gasteiger partial charge in [-0.2, -0.15) is 0 Å². The summed E-state index contributed by atoms with van der Waals surface area (Å²) in [5.74, 6) is 0.605. The number of fused-ring (bicyclic) bond motifs is 7. The van der Waals surface area contributed by atoms with Crippen molar-refractivity contribution < 1.29 is 8.83 Å². The van der Waals surface area contributed by atoms with Crippen molar-refractivity contribution in [3.63, 3.8) is 0 Å². The van der Waals surface area contributed by atoms with E-state index in [0.717, 1.165) is 61.2 Å². The van der Waals surface area contributed by atoms with Crippen LogP contribution in [0.4, 0.5) is 17.1 Å². The highest BCUT2D eigenvalue weighted by Gasteiger charge is 2.19. The summed E-state index contributed by atoms with van der Waals surface area (Å²) in [7, 11) is 0. The van der Waals surface area contributed by atoms with E-state index in [1.165, 1.54) is 31.3 Å². The number of rotatable bonds is 6. The summed E-state index contributed by atoms with van der Waals surface area (Å²) in [6.45, 7) is 0. The number of nitrogens with zero attached hydrogens (tertiary/aromatic N) is 2. The molecule has 4 nitrogen and oxygen atoms in total. The molecule has 0 aliphatic carbocycles. The molecule has 54 heavy (non-hydrogen) atoms. The minimum atomic E-state index is 0.605. The van der Waals surface area contributed by atoms with Crippen molar-refractivity contribution in [2.75, 3.05) is 4.90 Å². The maximum atomic E-state index is 6.31. The molecule has 0 unspecified atom stereocenters. The SMILES string of the molecule is c1ccc(-c2ccc(N(c3ccc(-c4ccc5oc6cc7oc(-c8ccccc8)nc7cc6c5c4)cc3)c3cccc4c3sc3ccccc34)cc2)cc1. The molecule has 8 aromatic carbocycles. The van der Waals surface area contributed by atoms with Gasteiger partial charge in [0.1, 0.15) is 16.7 Å². The number of aromatic nitrogens is 1. The molecular formula is C49H30N2O2S. The van der Waals surface area contributed by atoms with Crippen LogP contribution < -0.4 is 4.90 Å². The lowest BCUT2D eigenvalue weighted by Gasteiger charge is -2.26. The lowest BCUT2D eigenvalue weighted by atomic mass is 10.0. The van der Waals surface area contributed by atoms with Gasteiger partial charge in [0.2, 0.25) is 5.89 Å². The van der Waals surface area contributed by atoms with Crippen LogP contribution in [0.5, 0.6) is 0 Å². The minimum absolute atomic E-state index is 0.605. The van der Waals surface area contributed by atoms with Crippen LogP contribution in [0, 0.1) is 0 Å². The standard InChI is InChI=1S/C49H30N2O2S/c1-3-10-31(11-4-1)32-18-23-36(24-19-32)51(43-16-9-15-39-38-14-7-8-17-47(38)54-48(39)43)37-25-20-33(21-26-37)35-22-27-44-40(28-35)41-29-42-46(30-45(41)52-44)53-49(50-42)34-12-5-2-6-13-34/h1-30H. The first-order valence-electron chi connectivity index (χ1n) is 18.0. The van der Waals surface area contributed by atoms with E-state index in [2.05, 4.69) is 150 Å². The number of furan rings is 1. The van der Waals surface area contributed by atoms with Crippen molar-refractivity contribution in [3.8, 4) is 33.7 Å². The first-order valence-corrected chi connectivity index (χ1v) is 18.8. The molecule has 0 saturated heterocycles. The Kier molecular flexibility index (Phi) is 7.00. The van der Waals surface area contributed by atoms with Crippen molar-refractivity contribution in [1.82, 2.24) is 4.98 Å². The highest BCUT2D eigenvalue weighted by atomic mass is 32.1. The summed E-state index contributed by atoms with van der Waals surface area (Å²) >= 11 is 1.85. The minimum Gasteiger partial charge on any atom is -0.456 e. The Labute approximate surface area is 314 Å². The Morgan fingerprint density at radius 1 is 0.407 bits per heavy atom. The molecule has 11 aromatic rings. The zero-order chi connectivity index (χ0) is 35.6. The lowest BCUT2D eigenvalue weighted by molar-refractivity contribution is 0.617. The van der Waals surface area contributed by atoms with Gasteiger partial charge in [0.25, 0.3) is 0 Å². The van der Waals surface area contributed by atoms with Gasteiger partial charge in [0, 0.05) is 49.2 Å². The quantitative estimate of drug-likeness (QED) is 0.172. The Hall–Kier alpha value is -6.95. The largest absolute Gasteiger partial charge is 0.456 e. The fourth-order valence-corrected chi connectivity index (χ4v) is 8.86. The molecule has 0 radical (unpaired) electrons. The first kappa shape index (κ1) is 30.7. The zero-order valence-corrected chi connectivity index (χ0v) is 29.8. The predicted octanol–water partition coefficient (Wildman–Crippen LogP) is 14.6. The smallest absolute Gasteiger partial charge is 0.227 e. The molecule has 0 aliphatic rings. The first-order chi connectivity index (χ1) is 26.7. The van der Waals surface area contributed by atoms with Crippen molar-refractivity contribution >= 4 is 81.6 Å². The molecule has 11 rings (SSSR count). The number of oxazole rings is 1. The number of hydrogen-bond donors (Lipinski definition) is 0. The van der Waals surface area contributed by atoms with Gasteiger partial charge in [-0.3, -0.25) is 0 Å². The molecule has 5 heteroatoms. The van der Waals surface area contributed by atoms with Crippen molar-refractivity contribution in [2.24, 2.45) is 0 Å². The highest BCUT2D eigenvalue weighted by molar-refractivity contribution is 7.26. The monoisotopic (exact) mass is 710 g/mol. The third-order valence-corrected chi connectivity index (χ3v) is 11.5. The molecule has 0 spiro atoms. The molecule has 0 N–H and O–H groups in total. The average Bonchev–Trinajstić information content (AvgIpc) is 3.94. The van der Waals surface area contributed by atoms with Crippen LogP contribution in [-0.4, -0.2) is 4.98 Å². The maximum absolute atomic E-state index is 6.31. The summed E-state index contributed by atoms with van der Waals surface area (Å²) < 4.78 is 15.0. The number of benzene rings is 8. The molecular weight excluding hydrogens is 681 g/mol. The Morgan fingerprint density at radius 3 is 1.78 bits per heavy atom. The van der Waals surface area contributed by atoms with Crippen LogP contribution in [-0.2, 0) is 0 Å². The van der Waals surface area contributed by atoms with Gasteiger partial charge < -0.3 is 13.7 Å². The topological polar surface area (TPSA) is 42.4 Å². The van der Waals surface area contributed by atoms with Crippen LogP contribution in [0.15, 0.2) is 191 Å². The number of hydrogen-bond acceptors (Lipinski definition) is 5. The van der Waals surface area contributed by atoms with Crippen LogP contribution in [0.3, 0.4) is 0 Å². The van der Waals surface area contributed by atoms with E-state index in [1.807, 2.05) is 47.7 Å². The van der Waals surface area contributed by atoms with Gasteiger partial charge in [0.15, 0.2) is 5.58 Å². The van der Waals surface area contributed by atoms with Crippen LogP contribution in [0.2, 0.25) is 0 Å².